The first-order chi connectivity index (χ1) is 9.04. The van der Waals surface area contributed by atoms with Crippen molar-refractivity contribution in [2.75, 3.05) is 5.32 Å². The normalized spacial score (nSPS) is 10.5. The average Bonchev–Trinajstić information content (AvgIpc) is 2.78. The van der Waals surface area contributed by atoms with Gasteiger partial charge in [0.25, 0.3) is 5.91 Å². The molecule has 0 spiro atoms. The molecule has 0 unspecified atom stereocenters. The molecule has 1 N–H and O–H groups in total. The van der Waals surface area contributed by atoms with Gasteiger partial charge in [0.1, 0.15) is 5.75 Å². The van der Waals surface area contributed by atoms with Crippen LogP contribution in [0.3, 0.4) is 0 Å². The Hall–Kier alpha value is -2.30. The molecule has 1 aromatic carbocycles. The van der Waals surface area contributed by atoms with Gasteiger partial charge in [-0.05, 0) is 38.1 Å². The van der Waals surface area contributed by atoms with Crippen LogP contribution in [0, 0.1) is 0 Å². The number of nitrogens with one attached hydrogen (secondary N) is 1. The number of aromatic nitrogens is 2. The first kappa shape index (κ1) is 13.1. The van der Waals surface area contributed by atoms with Crippen LogP contribution < -0.4 is 10.1 Å². The lowest BCUT2D eigenvalue weighted by Crippen LogP contribution is -2.11. The van der Waals surface area contributed by atoms with Crippen LogP contribution in [-0.2, 0) is 7.05 Å². The van der Waals surface area contributed by atoms with Crippen molar-refractivity contribution >= 4 is 11.6 Å². The van der Waals surface area contributed by atoms with Gasteiger partial charge in [0.15, 0.2) is 0 Å². The van der Waals surface area contributed by atoms with E-state index >= 15 is 0 Å². The lowest BCUT2D eigenvalue weighted by Gasteiger charge is -2.10. The molecule has 0 bridgehead atoms. The molecule has 0 radical (unpaired) electrons. The van der Waals surface area contributed by atoms with E-state index in [1.807, 2.05) is 38.1 Å². The minimum Gasteiger partial charge on any atom is -0.491 e. The van der Waals surface area contributed by atoms with E-state index in [1.165, 1.54) is 6.20 Å². The highest BCUT2D eigenvalue weighted by Crippen LogP contribution is 2.17. The third-order valence-corrected chi connectivity index (χ3v) is 2.45. The van der Waals surface area contributed by atoms with Gasteiger partial charge in [-0.1, -0.05) is 0 Å². The summed E-state index contributed by atoms with van der Waals surface area (Å²) in [6, 6.07) is 7.29. The average molecular weight is 259 g/mol. The smallest absolute Gasteiger partial charge is 0.258 e. The van der Waals surface area contributed by atoms with Crippen LogP contribution >= 0.6 is 0 Å². The number of aryl methyl sites for hydroxylation is 1. The second-order valence-electron chi connectivity index (χ2n) is 4.55. The molecule has 100 valence electrons. The van der Waals surface area contributed by atoms with E-state index in [0.29, 0.717) is 5.56 Å². The summed E-state index contributed by atoms with van der Waals surface area (Å²) in [4.78, 5) is 11.9. The van der Waals surface area contributed by atoms with Crippen LogP contribution in [-0.4, -0.2) is 21.8 Å². The molecular weight excluding hydrogens is 242 g/mol. The van der Waals surface area contributed by atoms with E-state index in [9.17, 15) is 4.79 Å². The number of anilines is 1. The molecule has 5 heteroatoms. The first-order valence-corrected chi connectivity index (χ1v) is 6.11. The van der Waals surface area contributed by atoms with E-state index in [4.69, 9.17) is 4.74 Å². The minimum absolute atomic E-state index is 0.135. The molecule has 0 saturated heterocycles. The predicted octanol–water partition coefficient (Wildman–Crippen LogP) is 2.46. The maximum absolute atomic E-state index is 11.9. The second kappa shape index (κ2) is 5.56. The molecule has 2 rings (SSSR count). The first-order valence-electron chi connectivity index (χ1n) is 6.11. The highest BCUT2D eigenvalue weighted by Gasteiger charge is 2.08. The molecule has 19 heavy (non-hydrogen) atoms. The lowest BCUT2D eigenvalue weighted by atomic mass is 10.2. The van der Waals surface area contributed by atoms with E-state index in [2.05, 4.69) is 10.4 Å². The van der Waals surface area contributed by atoms with Gasteiger partial charge in [-0.2, -0.15) is 5.10 Å². The van der Waals surface area contributed by atoms with E-state index in [-0.39, 0.29) is 12.0 Å². The summed E-state index contributed by atoms with van der Waals surface area (Å²) in [5, 5.41) is 6.77. The quantitative estimate of drug-likeness (QED) is 0.917. The summed E-state index contributed by atoms with van der Waals surface area (Å²) in [6.45, 7) is 3.94. The summed E-state index contributed by atoms with van der Waals surface area (Å²) in [5.41, 5.74) is 1.26. The monoisotopic (exact) mass is 259 g/mol. The Bertz CT molecular complexity index is 558. The van der Waals surface area contributed by atoms with Crippen LogP contribution in [0.1, 0.15) is 24.2 Å². The lowest BCUT2D eigenvalue weighted by molar-refractivity contribution is 0.102. The Morgan fingerprint density at radius 3 is 2.53 bits per heavy atom. The maximum Gasteiger partial charge on any atom is 0.258 e. The van der Waals surface area contributed by atoms with Crippen molar-refractivity contribution in [1.82, 2.24) is 9.78 Å². The number of nitrogens with zero attached hydrogens (tertiary/aromatic N) is 2. The molecule has 0 aliphatic heterocycles. The fourth-order valence-electron chi connectivity index (χ4n) is 1.63. The molecule has 5 nitrogen and oxygen atoms in total. The zero-order valence-electron chi connectivity index (χ0n) is 11.3. The van der Waals surface area contributed by atoms with Crippen molar-refractivity contribution in [1.29, 1.82) is 0 Å². The van der Waals surface area contributed by atoms with Gasteiger partial charge in [0.2, 0.25) is 0 Å². The summed E-state index contributed by atoms with van der Waals surface area (Å²) < 4.78 is 7.13. The zero-order chi connectivity index (χ0) is 13.8. The third kappa shape index (κ3) is 3.58. The summed E-state index contributed by atoms with van der Waals surface area (Å²) in [7, 11) is 1.77. The zero-order valence-corrected chi connectivity index (χ0v) is 11.3. The van der Waals surface area contributed by atoms with Crippen LogP contribution in [0.4, 0.5) is 5.69 Å². The van der Waals surface area contributed by atoms with Crippen LogP contribution in [0.25, 0.3) is 0 Å². The van der Waals surface area contributed by atoms with Crippen LogP contribution in [0.5, 0.6) is 5.75 Å². The van der Waals surface area contributed by atoms with Gasteiger partial charge in [-0.3, -0.25) is 9.48 Å². The SMILES string of the molecule is CC(C)Oc1ccc(NC(=O)c2cnn(C)c2)cc1. The number of amides is 1. The molecule has 1 amide bonds. The highest BCUT2D eigenvalue weighted by atomic mass is 16.5. The Kier molecular flexibility index (Phi) is 3.85. The van der Waals surface area contributed by atoms with Crippen molar-refractivity contribution in [3.8, 4) is 5.75 Å². The standard InChI is InChI=1S/C14H17N3O2/c1-10(2)19-13-6-4-12(5-7-13)16-14(18)11-8-15-17(3)9-11/h4-10H,1-3H3,(H,16,18). The number of hydrogen-bond acceptors (Lipinski definition) is 3. The number of benzene rings is 1. The summed E-state index contributed by atoms with van der Waals surface area (Å²) in [6.07, 6.45) is 3.34. The van der Waals surface area contributed by atoms with E-state index < -0.39 is 0 Å². The largest absolute Gasteiger partial charge is 0.491 e. The van der Waals surface area contributed by atoms with E-state index in [0.717, 1.165) is 11.4 Å². The van der Waals surface area contributed by atoms with E-state index in [1.54, 1.807) is 17.9 Å². The van der Waals surface area contributed by atoms with Gasteiger partial charge in [0.05, 0.1) is 17.9 Å². The maximum atomic E-state index is 11.9. The second-order valence-corrected chi connectivity index (χ2v) is 4.55. The van der Waals surface area contributed by atoms with Gasteiger partial charge < -0.3 is 10.1 Å². The van der Waals surface area contributed by atoms with Crippen molar-refractivity contribution in [2.45, 2.75) is 20.0 Å². The minimum atomic E-state index is -0.175. The molecule has 0 aliphatic rings. The molecule has 0 saturated carbocycles. The molecular formula is C14H17N3O2. The number of carbonyl (C=O) groups excluding carboxylic acids is 1. The van der Waals surface area contributed by atoms with Crippen LogP contribution in [0.15, 0.2) is 36.7 Å². The number of ether oxygens (including phenoxy) is 1. The van der Waals surface area contributed by atoms with Crippen molar-refractivity contribution in [3.63, 3.8) is 0 Å². The molecule has 1 aromatic heterocycles. The molecule has 0 atom stereocenters. The van der Waals surface area contributed by atoms with Gasteiger partial charge in [0, 0.05) is 18.9 Å². The Balaban J connectivity index is 2.01. The predicted molar refractivity (Wildman–Crippen MR) is 73.4 cm³/mol. The number of carbonyl (C=O) groups is 1. The topological polar surface area (TPSA) is 56.1 Å². The molecule has 0 fully saturated rings. The fourth-order valence-corrected chi connectivity index (χ4v) is 1.63. The molecule has 2 aromatic rings. The summed E-state index contributed by atoms with van der Waals surface area (Å²) in [5.74, 6) is 0.611. The van der Waals surface area contributed by atoms with Crippen molar-refractivity contribution in [2.24, 2.45) is 7.05 Å². The number of rotatable bonds is 4. The fraction of sp³-hybridized carbons (Fsp3) is 0.286. The summed E-state index contributed by atoms with van der Waals surface area (Å²) >= 11 is 0. The number of hydrogen-bond donors (Lipinski definition) is 1. The third-order valence-electron chi connectivity index (χ3n) is 2.45. The molecule has 1 heterocycles. The Morgan fingerprint density at radius 2 is 2.00 bits per heavy atom. The van der Waals surface area contributed by atoms with Crippen LogP contribution in [0.2, 0.25) is 0 Å². The Morgan fingerprint density at radius 1 is 1.32 bits per heavy atom. The molecule has 0 aliphatic carbocycles. The van der Waals surface area contributed by atoms with Gasteiger partial charge in [-0.25, -0.2) is 0 Å². The Labute approximate surface area is 112 Å². The van der Waals surface area contributed by atoms with Gasteiger partial charge >= 0.3 is 0 Å². The highest BCUT2D eigenvalue weighted by molar-refractivity contribution is 6.03. The van der Waals surface area contributed by atoms with Crippen molar-refractivity contribution < 1.29 is 9.53 Å². The van der Waals surface area contributed by atoms with Gasteiger partial charge in [-0.15, -0.1) is 0 Å². The van der Waals surface area contributed by atoms with Crippen molar-refractivity contribution in [3.05, 3.63) is 42.2 Å².